The summed E-state index contributed by atoms with van der Waals surface area (Å²) in [6, 6.07) is 12.7. The molecule has 0 bridgehead atoms. The first kappa shape index (κ1) is 19.2. The molecular weight excluding hydrogens is 410 g/mol. The van der Waals surface area contributed by atoms with Crippen LogP contribution in [0.25, 0.3) is 11.0 Å². The molecule has 3 aliphatic heterocycles. The minimum Gasteiger partial charge on any atom is -0.379 e. The van der Waals surface area contributed by atoms with Crippen LogP contribution in [-0.2, 0) is 4.74 Å². The Balaban J connectivity index is 1.25. The number of ether oxygens (including phenoxy) is 1. The first-order valence-electron chi connectivity index (χ1n) is 11.0. The molecule has 1 aromatic carbocycles. The zero-order valence-corrected chi connectivity index (χ0v) is 18.3. The highest BCUT2D eigenvalue weighted by Crippen LogP contribution is 2.35. The maximum Gasteiger partial charge on any atom is 0.216 e. The molecule has 0 amide bonds. The van der Waals surface area contributed by atoms with E-state index in [1.54, 1.807) is 11.3 Å². The topological polar surface area (TPSA) is 61.2 Å². The Hall–Kier alpha value is -2.46. The van der Waals surface area contributed by atoms with Gasteiger partial charge in [0.2, 0.25) is 11.9 Å². The molecule has 162 valence electrons. The van der Waals surface area contributed by atoms with Gasteiger partial charge in [-0.2, -0.15) is 0 Å². The summed E-state index contributed by atoms with van der Waals surface area (Å²) in [7, 11) is 0. The number of para-hydroxylation sites is 2. The summed E-state index contributed by atoms with van der Waals surface area (Å²) in [5.41, 5.74) is 2.17. The molecule has 0 spiro atoms. The number of morpholine rings is 1. The minimum atomic E-state index is 0.0188. The number of aliphatic imine (C=N–C) groups is 1. The van der Waals surface area contributed by atoms with Gasteiger partial charge in [0, 0.05) is 24.5 Å². The Morgan fingerprint density at radius 2 is 1.94 bits per heavy atom. The predicted octanol–water partition coefficient (Wildman–Crippen LogP) is 2.36. The van der Waals surface area contributed by atoms with Crippen molar-refractivity contribution in [1.82, 2.24) is 24.7 Å². The molecule has 5 heterocycles. The maximum atomic E-state index is 5.46. The quantitative estimate of drug-likeness (QED) is 0.661. The van der Waals surface area contributed by atoms with Crippen molar-refractivity contribution in [2.75, 3.05) is 57.6 Å². The lowest BCUT2D eigenvalue weighted by atomic mass is 10.3. The van der Waals surface area contributed by atoms with E-state index in [0.717, 1.165) is 82.1 Å². The molecule has 3 aromatic rings. The summed E-state index contributed by atoms with van der Waals surface area (Å²) >= 11 is 1.76. The molecule has 6 rings (SSSR count). The normalized spacial score (nSPS) is 22.1. The van der Waals surface area contributed by atoms with E-state index in [0.29, 0.717) is 0 Å². The van der Waals surface area contributed by atoms with E-state index in [9.17, 15) is 0 Å². The van der Waals surface area contributed by atoms with E-state index in [2.05, 4.69) is 66.4 Å². The highest BCUT2D eigenvalue weighted by atomic mass is 32.1. The lowest BCUT2D eigenvalue weighted by molar-refractivity contribution is 0.0361. The number of anilines is 1. The number of rotatable bonds is 5. The number of benzene rings is 1. The highest BCUT2D eigenvalue weighted by molar-refractivity contribution is 7.10. The second-order valence-electron chi connectivity index (χ2n) is 8.23. The van der Waals surface area contributed by atoms with Gasteiger partial charge in [0.05, 0.1) is 37.6 Å². The van der Waals surface area contributed by atoms with Crippen molar-refractivity contribution in [3.63, 3.8) is 0 Å². The summed E-state index contributed by atoms with van der Waals surface area (Å²) in [5.74, 6) is 1.89. The van der Waals surface area contributed by atoms with E-state index >= 15 is 0 Å². The van der Waals surface area contributed by atoms with E-state index in [-0.39, 0.29) is 6.17 Å². The van der Waals surface area contributed by atoms with Crippen molar-refractivity contribution in [1.29, 1.82) is 0 Å². The van der Waals surface area contributed by atoms with Crippen LogP contribution >= 0.6 is 11.3 Å². The van der Waals surface area contributed by atoms with Gasteiger partial charge in [-0.25, -0.2) is 9.98 Å². The molecule has 0 aliphatic carbocycles. The molecule has 0 saturated carbocycles. The van der Waals surface area contributed by atoms with Gasteiger partial charge < -0.3 is 10.1 Å². The molecule has 0 unspecified atom stereocenters. The van der Waals surface area contributed by atoms with E-state index in [4.69, 9.17) is 14.7 Å². The fourth-order valence-corrected chi connectivity index (χ4v) is 5.40. The molecule has 2 aromatic heterocycles. The number of hydrogen-bond acceptors (Lipinski definition) is 8. The average molecular weight is 438 g/mol. The molecule has 1 N–H and O–H groups in total. The fourth-order valence-electron chi connectivity index (χ4n) is 4.64. The Morgan fingerprint density at radius 3 is 2.81 bits per heavy atom. The Bertz CT molecular complexity index is 1070. The zero-order valence-electron chi connectivity index (χ0n) is 17.5. The first-order chi connectivity index (χ1) is 15.4. The van der Waals surface area contributed by atoms with Gasteiger partial charge in [-0.3, -0.25) is 19.3 Å². The van der Waals surface area contributed by atoms with Crippen LogP contribution in [0.1, 0.15) is 17.5 Å². The Labute approximate surface area is 185 Å². The van der Waals surface area contributed by atoms with Crippen molar-refractivity contribution in [2.45, 2.75) is 12.6 Å². The largest absolute Gasteiger partial charge is 0.379 e. The number of imidazole rings is 1. The van der Waals surface area contributed by atoms with Gasteiger partial charge in [-0.05, 0) is 36.5 Å². The Kier molecular flexibility index (Phi) is 5.11. The smallest absolute Gasteiger partial charge is 0.216 e. The van der Waals surface area contributed by atoms with Gasteiger partial charge in [0.15, 0.2) is 0 Å². The second kappa shape index (κ2) is 8.23. The lowest BCUT2D eigenvalue weighted by Crippen LogP contribution is -2.57. The summed E-state index contributed by atoms with van der Waals surface area (Å²) < 4.78 is 7.77. The lowest BCUT2D eigenvalue weighted by Gasteiger charge is -2.41. The molecule has 0 radical (unpaired) electrons. The number of thiophene rings is 1. The van der Waals surface area contributed by atoms with Crippen molar-refractivity contribution < 1.29 is 4.74 Å². The fraction of sp³-hybridized carbons (Fsp3) is 0.455. The third kappa shape index (κ3) is 3.61. The number of nitrogens with zero attached hydrogens (tertiary/aromatic N) is 6. The summed E-state index contributed by atoms with van der Waals surface area (Å²) in [6.45, 7) is 7.48. The van der Waals surface area contributed by atoms with Gasteiger partial charge >= 0.3 is 0 Å². The third-order valence-electron chi connectivity index (χ3n) is 6.23. The molecule has 8 nitrogen and oxygen atoms in total. The average Bonchev–Trinajstić information content (AvgIpc) is 3.48. The van der Waals surface area contributed by atoms with E-state index in [1.165, 1.54) is 4.88 Å². The van der Waals surface area contributed by atoms with E-state index in [1.807, 2.05) is 0 Å². The molecule has 1 saturated heterocycles. The van der Waals surface area contributed by atoms with Crippen LogP contribution in [0.5, 0.6) is 0 Å². The van der Waals surface area contributed by atoms with Gasteiger partial charge in [-0.15, -0.1) is 11.3 Å². The predicted molar refractivity (Wildman–Crippen MR) is 124 cm³/mol. The number of guanidine groups is 1. The highest BCUT2D eigenvalue weighted by Gasteiger charge is 2.36. The van der Waals surface area contributed by atoms with Crippen LogP contribution in [-0.4, -0.2) is 78.0 Å². The van der Waals surface area contributed by atoms with Crippen molar-refractivity contribution in [2.24, 2.45) is 4.99 Å². The van der Waals surface area contributed by atoms with Crippen LogP contribution in [0.3, 0.4) is 0 Å². The van der Waals surface area contributed by atoms with Gasteiger partial charge in [0.25, 0.3) is 0 Å². The second-order valence-corrected chi connectivity index (χ2v) is 9.21. The van der Waals surface area contributed by atoms with Crippen LogP contribution in [0.4, 0.5) is 5.95 Å². The molecule has 1 atom stereocenters. The monoisotopic (exact) mass is 437 g/mol. The van der Waals surface area contributed by atoms with E-state index < -0.39 is 0 Å². The zero-order chi connectivity index (χ0) is 20.6. The number of hydrogen-bond donors (Lipinski definition) is 1. The van der Waals surface area contributed by atoms with Crippen LogP contribution in [0.2, 0.25) is 0 Å². The molecular formula is C22H27N7OS. The minimum absolute atomic E-state index is 0.0188. The molecule has 9 heteroatoms. The summed E-state index contributed by atoms with van der Waals surface area (Å²) in [5, 5.41) is 5.81. The standard InChI is InChI=1S/C22H27N7OS/c1-2-6-18-17(5-1)24-22-28-16-27(9-4-8-26-10-12-30-13-11-26)15-23-21(28)25-20(29(18)22)19-7-3-14-31-19/h1-3,5-7,14,20H,4,8-13,15-16H2,(H,23,25)/t20-/m0/s1. The van der Waals surface area contributed by atoms with Crippen molar-refractivity contribution in [3.05, 3.63) is 46.7 Å². The molecule has 1 fully saturated rings. The van der Waals surface area contributed by atoms with Gasteiger partial charge in [0.1, 0.15) is 6.17 Å². The van der Waals surface area contributed by atoms with Crippen LogP contribution in [0, 0.1) is 0 Å². The Morgan fingerprint density at radius 1 is 1.06 bits per heavy atom. The number of nitrogens with one attached hydrogen (secondary N) is 1. The number of fused-ring (bicyclic) bond motifs is 5. The van der Waals surface area contributed by atoms with Crippen LogP contribution in [0.15, 0.2) is 46.8 Å². The first-order valence-corrected chi connectivity index (χ1v) is 11.9. The molecule has 31 heavy (non-hydrogen) atoms. The summed E-state index contributed by atoms with van der Waals surface area (Å²) in [6.07, 6.45) is 1.16. The molecule has 3 aliphatic rings. The number of aromatic nitrogens is 2. The maximum absolute atomic E-state index is 5.46. The third-order valence-corrected chi connectivity index (χ3v) is 7.15. The SMILES string of the molecule is c1csc([C@H]2NC3=NCN(CCCN4CCOCC4)CN3c3nc4ccccc4n32)c1. The van der Waals surface area contributed by atoms with Gasteiger partial charge in [-0.1, -0.05) is 18.2 Å². The van der Waals surface area contributed by atoms with Crippen molar-refractivity contribution in [3.8, 4) is 0 Å². The van der Waals surface area contributed by atoms with Crippen LogP contribution < -0.4 is 10.2 Å². The summed E-state index contributed by atoms with van der Waals surface area (Å²) in [4.78, 5) is 18.3. The van der Waals surface area contributed by atoms with Crippen molar-refractivity contribution >= 4 is 34.3 Å².